The van der Waals surface area contributed by atoms with Crippen molar-refractivity contribution in [3.8, 4) is 0 Å². The first-order valence-corrected chi connectivity index (χ1v) is 7.42. The third kappa shape index (κ3) is 3.40. The summed E-state index contributed by atoms with van der Waals surface area (Å²) in [6, 6.07) is 3.50. The summed E-state index contributed by atoms with van der Waals surface area (Å²) in [5.74, 6) is -0.178. The van der Waals surface area contributed by atoms with Gasteiger partial charge in [-0.3, -0.25) is 4.90 Å². The number of aryl methyl sites for hydroxylation is 1. The van der Waals surface area contributed by atoms with Gasteiger partial charge in [-0.1, -0.05) is 23.2 Å². The number of nitrogens with one attached hydrogen (secondary N) is 1. The second kappa shape index (κ2) is 6.70. The Kier molecular flexibility index (Phi) is 5.19. The highest BCUT2D eigenvalue weighted by Gasteiger charge is 2.27. The molecule has 1 heterocycles. The van der Waals surface area contributed by atoms with Crippen LogP contribution in [0.15, 0.2) is 24.3 Å². The van der Waals surface area contributed by atoms with Crippen LogP contribution < -0.4 is 5.32 Å². The second-order valence-electron chi connectivity index (χ2n) is 5.55. The average molecular weight is 297 g/mol. The van der Waals surface area contributed by atoms with Crippen molar-refractivity contribution in [3.63, 3.8) is 0 Å². The molecule has 4 heteroatoms. The number of benzene rings is 1. The predicted molar refractivity (Wildman–Crippen MR) is 82.8 cm³/mol. The van der Waals surface area contributed by atoms with Crippen molar-refractivity contribution in [2.45, 2.75) is 26.3 Å². The molecule has 2 nitrogen and oxygen atoms in total. The number of hydrogen-bond donors (Lipinski definition) is 1. The minimum Gasteiger partial charge on any atom is -0.314 e. The molecule has 110 valence electrons. The van der Waals surface area contributed by atoms with E-state index in [1.807, 2.05) is 6.92 Å². The largest absolute Gasteiger partial charge is 0.314 e. The van der Waals surface area contributed by atoms with Gasteiger partial charge in [0, 0.05) is 42.8 Å². The fraction of sp³-hybridized carbons (Fsp3) is 0.500. The minimum atomic E-state index is -0.178. The van der Waals surface area contributed by atoms with E-state index in [9.17, 15) is 4.39 Å². The smallest absolute Gasteiger partial charge is 0.132 e. The lowest BCUT2D eigenvalue weighted by Crippen LogP contribution is -2.45. The van der Waals surface area contributed by atoms with Gasteiger partial charge in [0.1, 0.15) is 5.82 Å². The molecule has 0 unspecified atom stereocenters. The Morgan fingerprint density at radius 3 is 2.70 bits per heavy atom. The number of piperazine rings is 1. The lowest BCUT2D eigenvalue weighted by atomic mass is 9.95. The van der Waals surface area contributed by atoms with Gasteiger partial charge >= 0.3 is 0 Å². The van der Waals surface area contributed by atoms with Crippen LogP contribution in [-0.2, 0) is 0 Å². The molecule has 1 aliphatic heterocycles. The standard InChI is InChI=1S/C16H22ClFN2/c1-11(2)10-14(20-8-6-19-7-9-20)15-13(17)5-4-12(3)16(15)18/h4-5,14,19H,1,6-10H2,2-3H3/t14-/m1/s1. The van der Waals surface area contributed by atoms with E-state index in [-0.39, 0.29) is 11.9 Å². The summed E-state index contributed by atoms with van der Waals surface area (Å²) < 4.78 is 14.6. The van der Waals surface area contributed by atoms with E-state index in [0.717, 1.165) is 38.2 Å². The molecule has 0 spiro atoms. The van der Waals surface area contributed by atoms with Gasteiger partial charge in [-0.2, -0.15) is 0 Å². The molecule has 0 saturated carbocycles. The van der Waals surface area contributed by atoms with Gasteiger partial charge in [0.15, 0.2) is 0 Å². The first-order valence-electron chi connectivity index (χ1n) is 7.04. The Bertz CT molecular complexity index is 495. The molecule has 20 heavy (non-hydrogen) atoms. The van der Waals surface area contributed by atoms with Crippen molar-refractivity contribution in [1.82, 2.24) is 10.2 Å². The molecule has 1 aliphatic rings. The van der Waals surface area contributed by atoms with Crippen LogP contribution >= 0.6 is 11.6 Å². The topological polar surface area (TPSA) is 15.3 Å². The Hall–Kier alpha value is -0.900. The molecule has 0 bridgehead atoms. The molecule has 1 saturated heterocycles. The maximum absolute atomic E-state index is 14.6. The summed E-state index contributed by atoms with van der Waals surface area (Å²) in [5.41, 5.74) is 2.31. The first kappa shape index (κ1) is 15.5. The molecular formula is C16H22ClFN2. The van der Waals surface area contributed by atoms with Gasteiger partial charge in [0.2, 0.25) is 0 Å². The average Bonchev–Trinajstić information content (AvgIpc) is 2.43. The molecule has 0 amide bonds. The van der Waals surface area contributed by atoms with Crippen molar-refractivity contribution in [1.29, 1.82) is 0 Å². The molecule has 0 radical (unpaired) electrons. The lowest BCUT2D eigenvalue weighted by molar-refractivity contribution is 0.169. The van der Waals surface area contributed by atoms with E-state index in [1.165, 1.54) is 0 Å². The van der Waals surface area contributed by atoms with E-state index >= 15 is 0 Å². The van der Waals surface area contributed by atoms with Crippen LogP contribution in [0.5, 0.6) is 0 Å². The minimum absolute atomic E-state index is 0.0259. The highest BCUT2D eigenvalue weighted by atomic mass is 35.5. The molecule has 1 N–H and O–H groups in total. The number of halogens is 2. The molecule has 1 aromatic rings. The molecule has 2 rings (SSSR count). The van der Waals surface area contributed by atoms with E-state index in [1.54, 1.807) is 19.1 Å². The quantitative estimate of drug-likeness (QED) is 0.852. The highest BCUT2D eigenvalue weighted by molar-refractivity contribution is 6.31. The number of hydrogen-bond acceptors (Lipinski definition) is 2. The van der Waals surface area contributed by atoms with Crippen molar-refractivity contribution in [2.24, 2.45) is 0 Å². The second-order valence-corrected chi connectivity index (χ2v) is 5.96. The fourth-order valence-electron chi connectivity index (χ4n) is 2.72. The van der Waals surface area contributed by atoms with E-state index in [2.05, 4.69) is 16.8 Å². The maximum atomic E-state index is 14.6. The van der Waals surface area contributed by atoms with E-state index in [0.29, 0.717) is 16.1 Å². The van der Waals surface area contributed by atoms with Gasteiger partial charge < -0.3 is 5.32 Å². The van der Waals surface area contributed by atoms with Gasteiger partial charge in [-0.15, -0.1) is 6.58 Å². The lowest BCUT2D eigenvalue weighted by Gasteiger charge is -2.36. The Morgan fingerprint density at radius 1 is 1.45 bits per heavy atom. The summed E-state index contributed by atoms with van der Waals surface area (Å²) >= 11 is 6.29. The normalized spacial score (nSPS) is 18.0. The van der Waals surface area contributed by atoms with Gasteiger partial charge in [-0.05, 0) is 31.9 Å². The highest BCUT2D eigenvalue weighted by Crippen LogP contribution is 2.35. The SMILES string of the molecule is C=C(C)C[C@H](c1c(Cl)ccc(C)c1F)N1CCNCC1. The predicted octanol–water partition coefficient (Wildman–Crippen LogP) is 3.70. The van der Waals surface area contributed by atoms with Crippen LogP contribution in [0.25, 0.3) is 0 Å². The maximum Gasteiger partial charge on any atom is 0.132 e. The van der Waals surface area contributed by atoms with Crippen molar-refractivity contribution >= 4 is 11.6 Å². The molecule has 1 atom stereocenters. The molecular weight excluding hydrogens is 275 g/mol. The zero-order chi connectivity index (χ0) is 14.7. The zero-order valence-electron chi connectivity index (χ0n) is 12.2. The summed E-state index contributed by atoms with van der Waals surface area (Å²) in [4.78, 5) is 2.30. The Balaban J connectivity index is 2.40. The van der Waals surface area contributed by atoms with Crippen LogP contribution in [0.1, 0.15) is 30.5 Å². The summed E-state index contributed by atoms with van der Waals surface area (Å²) in [6.07, 6.45) is 0.736. The zero-order valence-corrected chi connectivity index (χ0v) is 12.9. The summed E-state index contributed by atoms with van der Waals surface area (Å²) in [6.45, 7) is 11.4. The van der Waals surface area contributed by atoms with E-state index in [4.69, 9.17) is 11.6 Å². The van der Waals surface area contributed by atoms with Crippen LogP contribution in [0.2, 0.25) is 5.02 Å². The van der Waals surface area contributed by atoms with Crippen LogP contribution in [0.4, 0.5) is 4.39 Å². The summed E-state index contributed by atoms with van der Waals surface area (Å²) in [7, 11) is 0. The van der Waals surface area contributed by atoms with Crippen LogP contribution in [-0.4, -0.2) is 31.1 Å². The van der Waals surface area contributed by atoms with Crippen molar-refractivity contribution < 1.29 is 4.39 Å². The molecule has 0 aliphatic carbocycles. The Morgan fingerprint density at radius 2 is 2.10 bits per heavy atom. The van der Waals surface area contributed by atoms with Gasteiger partial charge in [0.05, 0.1) is 0 Å². The third-order valence-corrected chi connectivity index (χ3v) is 4.12. The van der Waals surface area contributed by atoms with Gasteiger partial charge in [-0.25, -0.2) is 4.39 Å². The molecule has 1 aromatic carbocycles. The molecule has 1 fully saturated rings. The number of nitrogens with zero attached hydrogens (tertiary/aromatic N) is 1. The monoisotopic (exact) mass is 296 g/mol. The third-order valence-electron chi connectivity index (χ3n) is 3.79. The van der Waals surface area contributed by atoms with Crippen LogP contribution in [0.3, 0.4) is 0 Å². The fourth-order valence-corrected chi connectivity index (χ4v) is 2.99. The van der Waals surface area contributed by atoms with Crippen LogP contribution in [0, 0.1) is 12.7 Å². The number of rotatable bonds is 4. The Labute approximate surface area is 125 Å². The van der Waals surface area contributed by atoms with Crippen molar-refractivity contribution in [2.75, 3.05) is 26.2 Å². The van der Waals surface area contributed by atoms with Gasteiger partial charge in [0.25, 0.3) is 0 Å². The molecule has 0 aromatic heterocycles. The summed E-state index contributed by atoms with van der Waals surface area (Å²) in [5, 5.41) is 3.84. The van der Waals surface area contributed by atoms with E-state index < -0.39 is 0 Å². The first-order chi connectivity index (χ1) is 9.50. The van der Waals surface area contributed by atoms with Crippen molar-refractivity contribution in [3.05, 3.63) is 46.3 Å².